The predicted molar refractivity (Wildman–Crippen MR) is 109 cm³/mol. The summed E-state index contributed by atoms with van der Waals surface area (Å²) in [4.78, 5) is 12.6. The van der Waals surface area contributed by atoms with E-state index in [9.17, 15) is 18.0 Å². The van der Waals surface area contributed by atoms with Crippen molar-refractivity contribution < 1.29 is 18.0 Å². The number of alkyl halides is 3. The van der Waals surface area contributed by atoms with Crippen LogP contribution in [0.1, 0.15) is 41.3 Å². The number of aromatic nitrogens is 4. The Morgan fingerprint density at radius 2 is 1.77 bits per heavy atom. The highest BCUT2D eigenvalue weighted by molar-refractivity contribution is 9.10. The molecule has 2 aromatic heterocycles. The first-order valence-corrected chi connectivity index (χ1v) is 10.0. The average Bonchev–Trinajstić information content (AvgIpc) is 3.16. The van der Waals surface area contributed by atoms with Gasteiger partial charge in [-0.1, -0.05) is 18.2 Å². The second kappa shape index (κ2) is 8.25. The minimum atomic E-state index is -4.61. The van der Waals surface area contributed by atoms with E-state index in [2.05, 4.69) is 31.4 Å². The van der Waals surface area contributed by atoms with Crippen molar-refractivity contribution >= 4 is 21.8 Å². The van der Waals surface area contributed by atoms with Crippen molar-refractivity contribution in [2.24, 2.45) is 0 Å². The average molecular weight is 484 g/mol. The van der Waals surface area contributed by atoms with E-state index in [0.29, 0.717) is 0 Å². The SMILES string of the molecule is Cc1nn(-c2ccccc2)c(C)c1CNC(=O)[C@H](C)n1nc(C(F)(F)F)c(Br)c1C. The van der Waals surface area contributed by atoms with Crippen LogP contribution in [0.2, 0.25) is 0 Å². The fourth-order valence-corrected chi connectivity index (χ4v) is 3.73. The number of nitrogens with one attached hydrogen (secondary N) is 1. The van der Waals surface area contributed by atoms with Gasteiger partial charge in [0.05, 0.1) is 21.5 Å². The van der Waals surface area contributed by atoms with Gasteiger partial charge in [-0.05, 0) is 55.8 Å². The molecule has 0 spiro atoms. The van der Waals surface area contributed by atoms with Crippen LogP contribution in [0, 0.1) is 20.8 Å². The molecular formula is C20H21BrF3N5O. The van der Waals surface area contributed by atoms with Gasteiger partial charge in [0.1, 0.15) is 6.04 Å². The lowest BCUT2D eigenvalue weighted by molar-refractivity contribution is -0.142. The molecule has 1 aromatic carbocycles. The summed E-state index contributed by atoms with van der Waals surface area (Å²) in [7, 11) is 0. The molecule has 30 heavy (non-hydrogen) atoms. The van der Waals surface area contributed by atoms with Gasteiger partial charge in [0.2, 0.25) is 5.91 Å². The molecule has 3 aromatic rings. The highest BCUT2D eigenvalue weighted by Crippen LogP contribution is 2.36. The number of halogens is 4. The summed E-state index contributed by atoms with van der Waals surface area (Å²) in [5.74, 6) is -0.437. The molecule has 0 saturated carbocycles. The summed E-state index contributed by atoms with van der Waals surface area (Å²) in [6, 6.07) is 8.68. The van der Waals surface area contributed by atoms with Crippen molar-refractivity contribution in [1.82, 2.24) is 24.9 Å². The molecule has 1 N–H and O–H groups in total. The molecule has 0 bridgehead atoms. The fraction of sp³-hybridized carbons (Fsp3) is 0.350. The van der Waals surface area contributed by atoms with Crippen LogP contribution < -0.4 is 5.32 Å². The predicted octanol–water partition coefficient (Wildman–Crippen LogP) is 4.65. The van der Waals surface area contributed by atoms with Crippen LogP contribution in [-0.4, -0.2) is 25.5 Å². The third-order valence-corrected chi connectivity index (χ3v) is 5.92. The monoisotopic (exact) mass is 483 g/mol. The third-order valence-electron chi connectivity index (χ3n) is 4.97. The van der Waals surface area contributed by atoms with Crippen LogP contribution in [0.5, 0.6) is 0 Å². The Bertz CT molecular complexity index is 1070. The van der Waals surface area contributed by atoms with Crippen molar-refractivity contribution in [2.45, 2.75) is 46.5 Å². The van der Waals surface area contributed by atoms with Gasteiger partial charge < -0.3 is 5.32 Å². The molecule has 0 radical (unpaired) electrons. The van der Waals surface area contributed by atoms with Crippen molar-refractivity contribution in [3.63, 3.8) is 0 Å². The second-order valence-corrected chi connectivity index (χ2v) is 7.77. The van der Waals surface area contributed by atoms with Gasteiger partial charge in [0, 0.05) is 17.8 Å². The summed E-state index contributed by atoms with van der Waals surface area (Å²) >= 11 is 2.93. The molecule has 6 nitrogen and oxygen atoms in total. The Labute approximate surface area is 180 Å². The number of para-hydroxylation sites is 1. The van der Waals surface area contributed by atoms with E-state index < -0.39 is 23.8 Å². The molecule has 0 aliphatic rings. The van der Waals surface area contributed by atoms with Crippen LogP contribution in [0.15, 0.2) is 34.8 Å². The second-order valence-electron chi connectivity index (χ2n) is 6.98. The number of aryl methyl sites for hydroxylation is 1. The summed E-state index contributed by atoms with van der Waals surface area (Å²) in [6.45, 7) is 6.95. The summed E-state index contributed by atoms with van der Waals surface area (Å²) in [5.41, 5.74) is 2.59. The molecule has 160 valence electrons. The van der Waals surface area contributed by atoms with Crippen molar-refractivity contribution in [3.8, 4) is 5.69 Å². The van der Waals surface area contributed by atoms with Crippen LogP contribution in [0.25, 0.3) is 5.69 Å². The van der Waals surface area contributed by atoms with Crippen LogP contribution in [0.3, 0.4) is 0 Å². The molecule has 3 rings (SSSR count). The minimum absolute atomic E-state index is 0.162. The number of benzene rings is 1. The molecule has 1 amide bonds. The Kier molecular flexibility index (Phi) is 6.07. The van der Waals surface area contributed by atoms with E-state index >= 15 is 0 Å². The van der Waals surface area contributed by atoms with E-state index in [1.165, 1.54) is 13.8 Å². The molecule has 0 aliphatic heterocycles. The standard InChI is InChI=1S/C20H21BrF3N5O/c1-11-16(12(2)29(26-11)15-8-6-5-7-9-15)10-25-19(30)14(4)28-13(3)17(21)18(27-28)20(22,23)24/h5-9,14H,10H2,1-4H3,(H,25,30)/t14-/m0/s1. The van der Waals surface area contributed by atoms with E-state index in [1.807, 2.05) is 44.2 Å². The lowest BCUT2D eigenvalue weighted by atomic mass is 10.2. The maximum atomic E-state index is 13.1. The van der Waals surface area contributed by atoms with Crippen molar-refractivity contribution in [3.05, 3.63) is 63.1 Å². The van der Waals surface area contributed by atoms with E-state index in [0.717, 1.165) is 27.3 Å². The lowest BCUT2D eigenvalue weighted by Crippen LogP contribution is -2.32. The lowest BCUT2D eigenvalue weighted by Gasteiger charge is -2.15. The first kappa shape index (κ1) is 22.1. The Morgan fingerprint density at radius 3 is 2.33 bits per heavy atom. The van der Waals surface area contributed by atoms with Gasteiger partial charge in [0.15, 0.2) is 5.69 Å². The first-order chi connectivity index (χ1) is 14.0. The molecular weight excluding hydrogens is 463 g/mol. The molecule has 0 fully saturated rings. The minimum Gasteiger partial charge on any atom is -0.350 e. The summed E-state index contributed by atoms with van der Waals surface area (Å²) in [5, 5.41) is 10.9. The maximum Gasteiger partial charge on any atom is 0.436 e. The number of hydrogen-bond donors (Lipinski definition) is 1. The highest BCUT2D eigenvalue weighted by atomic mass is 79.9. The van der Waals surface area contributed by atoms with Gasteiger partial charge in [-0.25, -0.2) is 4.68 Å². The molecule has 0 aliphatic carbocycles. The zero-order valence-electron chi connectivity index (χ0n) is 16.9. The van der Waals surface area contributed by atoms with Crippen molar-refractivity contribution in [2.75, 3.05) is 0 Å². The van der Waals surface area contributed by atoms with Crippen LogP contribution in [-0.2, 0) is 17.5 Å². The molecule has 10 heteroatoms. The Morgan fingerprint density at radius 1 is 1.13 bits per heavy atom. The largest absolute Gasteiger partial charge is 0.436 e. The number of carbonyl (C=O) groups is 1. The summed E-state index contributed by atoms with van der Waals surface area (Å²) < 4.78 is 42.0. The smallest absolute Gasteiger partial charge is 0.350 e. The number of carbonyl (C=O) groups excluding carboxylic acids is 1. The van der Waals surface area contributed by atoms with Crippen LogP contribution >= 0.6 is 15.9 Å². The maximum absolute atomic E-state index is 13.1. The quantitative estimate of drug-likeness (QED) is 0.574. The summed E-state index contributed by atoms with van der Waals surface area (Å²) in [6.07, 6.45) is -4.61. The van der Waals surface area contributed by atoms with Gasteiger partial charge in [-0.2, -0.15) is 23.4 Å². The van der Waals surface area contributed by atoms with E-state index in [-0.39, 0.29) is 16.7 Å². The number of nitrogens with zero attached hydrogens (tertiary/aromatic N) is 4. The number of hydrogen-bond acceptors (Lipinski definition) is 3. The van der Waals surface area contributed by atoms with Gasteiger partial charge in [0.25, 0.3) is 0 Å². The molecule has 0 saturated heterocycles. The molecule has 0 unspecified atom stereocenters. The third kappa shape index (κ3) is 4.14. The van der Waals surface area contributed by atoms with Crippen molar-refractivity contribution in [1.29, 1.82) is 0 Å². The number of rotatable bonds is 5. The molecule has 1 atom stereocenters. The Balaban J connectivity index is 1.78. The normalized spacial score (nSPS) is 12.8. The highest BCUT2D eigenvalue weighted by Gasteiger charge is 2.39. The van der Waals surface area contributed by atoms with E-state index in [4.69, 9.17) is 0 Å². The number of amides is 1. The fourth-order valence-electron chi connectivity index (χ4n) is 3.24. The van der Waals surface area contributed by atoms with Gasteiger partial charge in [-0.15, -0.1) is 0 Å². The van der Waals surface area contributed by atoms with Gasteiger partial charge >= 0.3 is 6.18 Å². The Hall–Kier alpha value is -2.62. The topological polar surface area (TPSA) is 64.7 Å². The molecule has 2 heterocycles. The van der Waals surface area contributed by atoms with E-state index in [1.54, 1.807) is 4.68 Å². The zero-order chi connectivity index (χ0) is 22.2. The zero-order valence-corrected chi connectivity index (χ0v) is 18.5. The first-order valence-electron chi connectivity index (χ1n) is 9.22. The van der Waals surface area contributed by atoms with Gasteiger partial charge in [-0.3, -0.25) is 9.48 Å². The van der Waals surface area contributed by atoms with Crippen LogP contribution in [0.4, 0.5) is 13.2 Å².